The third-order valence-electron chi connectivity index (χ3n) is 2.85. The molecule has 92 valence electrons. The molecule has 5 heteroatoms. The maximum Gasteiger partial charge on any atom is 0.203 e. The van der Waals surface area contributed by atoms with Gasteiger partial charge in [-0.3, -0.25) is 4.79 Å². The maximum absolute atomic E-state index is 12.3. The van der Waals surface area contributed by atoms with Gasteiger partial charge in [0.2, 0.25) is 5.78 Å². The van der Waals surface area contributed by atoms with Crippen molar-refractivity contribution in [2.24, 2.45) is 0 Å². The first kappa shape index (κ1) is 12.5. The Balaban J connectivity index is 1.97. The topological polar surface area (TPSA) is 26.3 Å². The molecule has 1 aromatic heterocycles. The first-order chi connectivity index (χ1) is 8.65. The Morgan fingerprint density at radius 2 is 1.94 bits per heavy atom. The summed E-state index contributed by atoms with van der Waals surface area (Å²) < 4.78 is 7.21. The van der Waals surface area contributed by atoms with E-state index < -0.39 is 0 Å². The number of ketones is 1. The standard InChI is InChI=1S/C13H8Br2O2S/c14-10-4-11(18-13(10)15)12(16)7-1-2-8-5-17-6-9(8)3-7/h1-4H,5-6H2. The van der Waals surface area contributed by atoms with Gasteiger partial charge in [0.25, 0.3) is 0 Å². The molecule has 2 nitrogen and oxygen atoms in total. The molecule has 0 unspecified atom stereocenters. The summed E-state index contributed by atoms with van der Waals surface area (Å²) >= 11 is 8.24. The molecule has 0 bridgehead atoms. The molecule has 0 amide bonds. The lowest BCUT2D eigenvalue weighted by Crippen LogP contribution is -1.99. The molecule has 0 aliphatic carbocycles. The SMILES string of the molecule is O=C(c1ccc2c(c1)COC2)c1cc(Br)c(Br)s1. The average molecular weight is 388 g/mol. The highest BCUT2D eigenvalue weighted by Crippen LogP contribution is 2.34. The summed E-state index contributed by atoms with van der Waals surface area (Å²) in [6.45, 7) is 1.26. The summed E-state index contributed by atoms with van der Waals surface area (Å²) in [5.41, 5.74) is 3.02. The molecular formula is C13H8Br2O2S. The number of benzene rings is 1. The largest absolute Gasteiger partial charge is 0.372 e. The van der Waals surface area contributed by atoms with E-state index in [-0.39, 0.29) is 5.78 Å². The van der Waals surface area contributed by atoms with Crippen molar-refractivity contribution in [1.82, 2.24) is 0 Å². The highest BCUT2D eigenvalue weighted by atomic mass is 79.9. The molecule has 0 saturated heterocycles. The Morgan fingerprint density at radius 1 is 1.17 bits per heavy atom. The first-order valence-electron chi connectivity index (χ1n) is 5.34. The van der Waals surface area contributed by atoms with Crippen molar-refractivity contribution in [2.75, 3.05) is 0 Å². The molecule has 0 N–H and O–H groups in total. The van der Waals surface area contributed by atoms with Crippen molar-refractivity contribution in [1.29, 1.82) is 0 Å². The summed E-state index contributed by atoms with van der Waals surface area (Å²) in [5.74, 6) is 0.0566. The lowest BCUT2D eigenvalue weighted by Gasteiger charge is -2.01. The fourth-order valence-corrected chi connectivity index (χ4v) is 3.91. The van der Waals surface area contributed by atoms with Gasteiger partial charge in [-0.15, -0.1) is 11.3 Å². The molecular weight excluding hydrogens is 380 g/mol. The van der Waals surface area contributed by atoms with Gasteiger partial charge in [0, 0.05) is 10.0 Å². The van der Waals surface area contributed by atoms with Crippen LogP contribution in [0.25, 0.3) is 0 Å². The van der Waals surface area contributed by atoms with Crippen LogP contribution in [0, 0.1) is 0 Å². The monoisotopic (exact) mass is 386 g/mol. The quantitative estimate of drug-likeness (QED) is 0.707. The molecule has 0 atom stereocenters. The van der Waals surface area contributed by atoms with Crippen LogP contribution < -0.4 is 0 Å². The molecule has 1 aliphatic rings. The number of hydrogen-bond acceptors (Lipinski definition) is 3. The van der Waals surface area contributed by atoms with Crippen LogP contribution in [0.5, 0.6) is 0 Å². The van der Waals surface area contributed by atoms with Crippen molar-refractivity contribution >= 4 is 49.0 Å². The van der Waals surface area contributed by atoms with E-state index >= 15 is 0 Å². The van der Waals surface area contributed by atoms with E-state index in [1.54, 1.807) is 0 Å². The average Bonchev–Trinajstić information content (AvgIpc) is 2.95. The Morgan fingerprint density at radius 3 is 2.67 bits per heavy atom. The predicted octanol–water partition coefficient (Wildman–Crippen LogP) is 4.53. The summed E-state index contributed by atoms with van der Waals surface area (Å²) in [5, 5.41) is 0. The van der Waals surface area contributed by atoms with Crippen LogP contribution >= 0.6 is 43.2 Å². The molecule has 2 heterocycles. The zero-order valence-electron chi connectivity index (χ0n) is 9.20. The Bertz CT molecular complexity index is 614. The first-order valence-corrected chi connectivity index (χ1v) is 7.74. The number of hydrogen-bond donors (Lipinski definition) is 0. The lowest BCUT2D eigenvalue weighted by atomic mass is 10.0. The number of rotatable bonds is 2. The molecule has 0 fully saturated rings. The summed E-state index contributed by atoms with van der Waals surface area (Å²) in [4.78, 5) is 13.1. The van der Waals surface area contributed by atoms with Crippen molar-refractivity contribution in [3.8, 4) is 0 Å². The molecule has 0 saturated carbocycles. The van der Waals surface area contributed by atoms with Crippen LogP contribution in [0.4, 0.5) is 0 Å². The van der Waals surface area contributed by atoms with E-state index in [9.17, 15) is 4.79 Å². The van der Waals surface area contributed by atoms with Crippen LogP contribution in [0.3, 0.4) is 0 Å². The summed E-state index contributed by atoms with van der Waals surface area (Å²) in [6, 6.07) is 7.64. The normalized spacial score (nSPS) is 13.7. The van der Waals surface area contributed by atoms with Gasteiger partial charge in [-0.2, -0.15) is 0 Å². The van der Waals surface area contributed by atoms with Gasteiger partial charge >= 0.3 is 0 Å². The van der Waals surface area contributed by atoms with Crippen LogP contribution in [0.15, 0.2) is 32.5 Å². The van der Waals surface area contributed by atoms with Gasteiger partial charge < -0.3 is 4.74 Å². The molecule has 1 aliphatic heterocycles. The zero-order valence-corrected chi connectivity index (χ0v) is 13.2. The number of carbonyl (C=O) groups excluding carboxylic acids is 1. The van der Waals surface area contributed by atoms with Gasteiger partial charge in [0.15, 0.2) is 0 Å². The van der Waals surface area contributed by atoms with E-state index in [1.807, 2.05) is 24.3 Å². The van der Waals surface area contributed by atoms with Gasteiger partial charge in [0.05, 0.1) is 21.9 Å². The number of thiophene rings is 1. The van der Waals surface area contributed by atoms with Crippen molar-refractivity contribution in [3.63, 3.8) is 0 Å². The number of halogens is 2. The third-order valence-corrected chi connectivity index (χ3v) is 6.11. The zero-order chi connectivity index (χ0) is 12.7. The molecule has 3 rings (SSSR count). The minimum atomic E-state index is 0.0566. The minimum absolute atomic E-state index is 0.0566. The fourth-order valence-electron chi connectivity index (χ4n) is 1.91. The van der Waals surface area contributed by atoms with Crippen LogP contribution in [-0.2, 0) is 18.0 Å². The van der Waals surface area contributed by atoms with E-state index in [0.29, 0.717) is 13.2 Å². The smallest absolute Gasteiger partial charge is 0.203 e. The highest BCUT2D eigenvalue weighted by molar-refractivity contribution is 9.13. The van der Waals surface area contributed by atoms with E-state index in [1.165, 1.54) is 16.9 Å². The Labute approximate surface area is 125 Å². The maximum atomic E-state index is 12.3. The summed E-state index contributed by atoms with van der Waals surface area (Å²) in [6.07, 6.45) is 0. The molecule has 18 heavy (non-hydrogen) atoms. The van der Waals surface area contributed by atoms with Crippen molar-refractivity contribution in [2.45, 2.75) is 13.2 Å². The van der Waals surface area contributed by atoms with Crippen LogP contribution in [0.2, 0.25) is 0 Å². The fraction of sp³-hybridized carbons (Fsp3) is 0.154. The van der Waals surface area contributed by atoms with Gasteiger partial charge in [-0.25, -0.2) is 0 Å². The number of carbonyl (C=O) groups is 1. The second-order valence-corrected chi connectivity index (χ2v) is 7.26. The van der Waals surface area contributed by atoms with E-state index in [4.69, 9.17) is 4.74 Å². The molecule has 0 radical (unpaired) electrons. The van der Waals surface area contributed by atoms with E-state index in [0.717, 1.165) is 24.3 Å². The Hall–Kier alpha value is -0.490. The number of ether oxygens (including phenoxy) is 1. The molecule has 1 aromatic carbocycles. The van der Waals surface area contributed by atoms with Crippen LogP contribution in [0.1, 0.15) is 26.4 Å². The van der Waals surface area contributed by atoms with Gasteiger partial charge in [-0.1, -0.05) is 12.1 Å². The third kappa shape index (κ3) is 2.20. The van der Waals surface area contributed by atoms with Gasteiger partial charge in [-0.05, 0) is 55.1 Å². The number of fused-ring (bicyclic) bond motifs is 1. The van der Waals surface area contributed by atoms with Crippen LogP contribution in [-0.4, -0.2) is 5.78 Å². The second-order valence-electron chi connectivity index (χ2n) is 4.04. The highest BCUT2D eigenvalue weighted by Gasteiger charge is 2.17. The lowest BCUT2D eigenvalue weighted by molar-refractivity contribution is 0.104. The molecule has 0 spiro atoms. The van der Waals surface area contributed by atoms with Gasteiger partial charge in [0.1, 0.15) is 0 Å². The molecule has 2 aromatic rings. The minimum Gasteiger partial charge on any atom is -0.372 e. The predicted molar refractivity (Wildman–Crippen MR) is 78.1 cm³/mol. The van der Waals surface area contributed by atoms with Crippen molar-refractivity contribution < 1.29 is 9.53 Å². The Kier molecular flexibility index (Phi) is 3.40. The van der Waals surface area contributed by atoms with E-state index in [2.05, 4.69) is 31.9 Å². The second kappa shape index (κ2) is 4.89. The summed E-state index contributed by atoms with van der Waals surface area (Å²) in [7, 11) is 0. The van der Waals surface area contributed by atoms with Crippen molar-refractivity contribution in [3.05, 3.63) is 54.1 Å².